The van der Waals surface area contributed by atoms with Gasteiger partial charge < -0.3 is 4.90 Å². The van der Waals surface area contributed by atoms with Crippen molar-refractivity contribution in [3.8, 4) is 11.5 Å². The van der Waals surface area contributed by atoms with Gasteiger partial charge in [0, 0.05) is 30.2 Å². The van der Waals surface area contributed by atoms with Crippen LogP contribution in [0.1, 0.15) is 19.4 Å². The van der Waals surface area contributed by atoms with Crippen molar-refractivity contribution in [3.05, 3.63) is 36.4 Å². The lowest BCUT2D eigenvalue weighted by Gasteiger charge is -2.26. The number of aromatic nitrogens is 4. The summed E-state index contributed by atoms with van der Waals surface area (Å²) in [5, 5.41) is 6.69. The Hall–Kier alpha value is -2.50. The number of rotatable bonds is 3. The van der Waals surface area contributed by atoms with Gasteiger partial charge in [0.1, 0.15) is 12.0 Å². The van der Waals surface area contributed by atoms with Crippen molar-refractivity contribution < 1.29 is 0 Å². The molecule has 0 bridgehead atoms. The van der Waals surface area contributed by atoms with Gasteiger partial charge in [-0.2, -0.15) is 5.10 Å². The molecule has 0 radical (unpaired) electrons. The topological polar surface area (TPSA) is 70.1 Å². The molecule has 0 aliphatic carbocycles. The second kappa shape index (κ2) is 5.24. The number of nitrogens with one attached hydrogen (secondary N) is 1. The van der Waals surface area contributed by atoms with Gasteiger partial charge in [0.05, 0.1) is 12.2 Å². The number of aliphatic imine (C=N–C) groups is 1. The zero-order valence-corrected chi connectivity index (χ0v) is 11.5. The van der Waals surface area contributed by atoms with Crippen molar-refractivity contribution in [1.82, 2.24) is 25.1 Å². The Morgan fingerprint density at radius 3 is 2.80 bits per heavy atom. The standard InChI is InChI=1S/C14H16N6/c1-10(2)20-6-5-15-13(8-20)11-3-4-12(16-7-11)14-17-9-18-19-14/h3-5,7-10H,6H2,1-2H3,(H,17,18,19). The van der Waals surface area contributed by atoms with Gasteiger partial charge in [0.2, 0.25) is 0 Å². The minimum atomic E-state index is 0.456. The summed E-state index contributed by atoms with van der Waals surface area (Å²) < 4.78 is 0. The Morgan fingerprint density at radius 2 is 2.15 bits per heavy atom. The Balaban J connectivity index is 1.86. The molecule has 102 valence electrons. The molecule has 0 atom stereocenters. The largest absolute Gasteiger partial charge is 0.368 e. The van der Waals surface area contributed by atoms with Crippen LogP contribution in [0.5, 0.6) is 0 Å². The maximum absolute atomic E-state index is 4.44. The lowest BCUT2D eigenvalue weighted by atomic mass is 10.2. The Bertz CT molecular complexity index is 624. The fourth-order valence-electron chi connectivity index (χ4n) is 2.00. The molecule has 20 heavy (non-hydrogen) atoms. The normalized spacial score (nSPS) is 14.8. The molecular weight excluding hydrogens is 252 g/mol. The highest BCUT2D eigenvalue weighted by atomic mass is 15.2. The van der Waals surface area contributed by atoms with E-state index in [4.69, 9.17) is 0 Å². The van der Waals surface area contributed by atoms with Gasteiger partial charge in [-0.25, -0.2) is 4.98 Å². The molecule has 0 saturated heterocycles. The van der Waals surface area contributed by atoms with E-state index in [2.05, 4.69) is 50.1 Å². The summed E-state index contributed by atoms with van der Waals surface area (Å²) in [6.07, 6.45) is 7.35. The van der Waals surface area contributed by atoms with Gasteiger partial charge in [0.15, 0.2) is 5.82 Å². The third kappa shape index (κ3) is 2.45. The fourth-order valence-corrected chi connectivity index (χ4v) is 2.00. The molecule has 1 N–H and O–H groups in total. The summed E-state index contributed by atoms with van der Waals surface area (Å²) in [6.45, 7) is 5.18. The molecular formula is C14H16N6. The second-order valence-electron chi connectivity index (χ2n) is 4.87. The molecule has 0 aromatic carbocycles. The van der Waals surface area contributed by atoms with Gasteiger partial charge in [-0.3, -0.25) is 15.1 Å². The zero-order valence-electron chi connectivity index (χ0n) is 11.5. The van der Waals surface area contributed by atoms with Gasteiger partial charge in [-0.1, -0.05) is 0 Å². The molecule has 0 saturated carbocycles. The van der Waals surface area contributed by atoms with E-state index in [0.717, 1.165) is 23.5 Å². The van der Waals surface area contributed by atoms with E-state index in [1.807, 2.05) is 18.3 Å². The lowest BCUT2D eigenvalue weighted by molar-refractivity contribution is 0.352. The first kappa shape index (κ1) is 12.5. The maximum atomic E-state index is 4.44. The van der Waals surface area contributed by atoms with E-state index < -0.39 is 0 Å². The Kier molecular flexibility index (Phi) is 3.28. The minimum Gasteiger partial charge on any atom is -0.368 e. The van der Waals surface area contributed by atoms with E-state index in [1.54, 1.807) is 12.5 Å². The van der Waals surface area contributed by atoms with Crippen LogP contribution in [0.4, 0.5) is 0 Å². The first-order valence-corrected chi connectivity index (χ1v) is 6.56. The molecule has 3 rings (SSSR count). The molecule has 0 amide bonds. The molecule has 3 heterocycles. The van der Waals surface area contributed by atoms with Crippen LogP contribution >= 0.6 is 0 Å². The minimum absolute atomic E-state index is 0.456. The number of nitrogens with zero attached hydrogens (tertiary/aromatic N) is 5. The van der Waals surface area contributed by atoms with Gasteiger partial charge >= 0.3 is 0 Å². The maximum Gasteiger partial charge on any atom is 0.199 e. The van der Waals surface area contributed by atoms with Crippen molar-refractivity contribution in [2.24, 2.45) is 4.99 Å². The molecule has 2 aromatic rings. The zero-order chi connectivity index (χ0) is 13.9. The third-order valence-electron chi connectivity index (χ3n) is 3.18. The van der Waals surface area contributed by atoms with Crippen LogP contribution in [0.15, 0.2) is 35.8 Å². The van der Waals surface area contributed by atoms with E-state index in [0.29, 0.717) is 11.9 Å². The molecule has 1 aliphatic heterocycles. The van der Waals surface area contributed by atoms with E-state index in [1.165, 1.54) is 0 Å². The van der Waals surface area contributed by atoms with Crippen LogP contribution in [-0.2, 0) is 0 Å². The first-order valence-electron chi connectivity index (χ1n) is 6.56. The summed E-state index contributed by atoms with van der Waals surface area (Å²) in [5.74, 6) is 0.599. The summed E-state index contributed by atoms with van der Waals surface area (Å²) in [5.41, 5.74) is 2.67. The Labute approximate surface area is 117 Å². The molecule has 0 spiro atoms. The van der Waals surface area contributed by atoms with Gasteiger partial charge in [0.25, 0.3) is 0 Å². The average molecular weight is 268 g/mol. The van der Waals surface area contributed by atoms with E-state index >= 15 is 0 Å². The Morgan fingerprint density at radius 1 is 1.25 bits per heavy atom. The molecule has 6 nitrogen and oxygen atoms in total. The third-order valence-corrected chi connectivity index (χ3v) is 3.18. The number of hydrogen-bond acceptors (Lipinski definition) is 5. The number of H-pyrrole nitrogens is 1. The summed E-state index contributed by atoms with van der Waals surface area (Å²) in [6, 6.07) is 4.35. The van der Waals surface area contributed by atoms with E-state index in [-0.39, 0.29) is 0 Å². The van der Waals surface area contributed by atoms with Crippen LogP contribution in [0.2, 0.25) is 0 Å². The van der Waals surface area contributed by atoms with Crippen molar-refractivity contribution in [2.75, 3.05) is 6.54 Å². The number of aromatic amines is 1. The molecule has 2 aromatic heterocycles. The van der Waals surface area contributed by atoms with Crippen molar-refractivity contribution in [3.63, 3.8) is 0 Å². The summed E-state index contributed by atoms with van der Waals surface area (Å²) in [4.78, 5) is 15.2. The van der Waals surface area contributed by atoms with Crippen LogP contribution < -0.4 is 0 Å². The molecule has 1 aliphatic rings. The summed E-state index contributed by atoms with van der Waals surface area (Å²) in [7, 11) is 0. The van der Waals surface area contributed by atoms with Gasteiger partial charge in [-0.15, -0.1) is 0 Å². The monoisotopic (exact) mass is 268 g/mol. The number of hydrogen-bond donors (Lipinski definition) is 1. The van der Waals surface area contributed by atoms with Crippen LogP contribution in [0, 0.1) is 0 Å². The smallest absolute Gasteiger partial charge is 0.199 e. The van der Waals surface area contributed by atoms with Crippen LogP contribution in [0.3, 0.4) is 0 Å². The summed E-state index contributed by atoms with van der Waals surface area (Å²) >= 11 is 0. The van der Waals surface area contributed by atoms with Crippen LogP contribution in [0.25, 0.3) is 17.2 Å². The van der Waals surface area contributed by atoms with Crippen LogP contribution in [-0.4, -0.2) is 43.9 Å². The predicted octanol–water partition coefficient (Wildman–Crippen LogP) is 1.96. The second-order valence-corrected chi connectivity index (χ2v) is 4.87. The molecule has 0 fully saturated rings. The van der Waals surface area contributed by atoms with Crippen molar-refractivity contribution >= 4 is 11.9 Å². The predicted molar refractivity (Wildman–Crippen MR) is 77.9 cm³/mol. The highest BCUT2D eigenvalue weighted by molar-refractivity contribution is 5.77. The van der Waals surface area contributed by atoms with E-state index in [9.17, 15) is 0 Å². The molecule has 0 unspecified atom stereocenters. The fraction of sp³-hybridized carbons (Fsp3) is 0.286. The molecule has 6 heteroatoms. The SMILES string of the molecule is CC(C)N1C=C(c2ccc(-c3nc[nH]n3)nc2)N=CC1. The van der Waals surface area contributed by atoms with Gasteiger partial charge in [-0.05, 0) is 26.0 Å². The first-order chi connectivity index (χ1) is 9.74. The highest BCUT2D eigenvalue weighted by Crippen LogP contribution is 2.21. The average Bonchev–Trinajstić information content (AvgIpc) is 3.02. The quantitative estimate of drug-likeness (QED) is 0.923. The van der Waals surface area contributed by atoms with Crippen molar-refractivity contribution in [2.45, 2.75) is 19.9 Å². The highest BCUT2D eigenvalue weighted by Gasteiger charge is 2.11. The number of pyridine rings is 1. The van der Waals surface area contributed by atoms with Crippen molar-refractivity contribution in [1.29, 1.82) is 0 Å². The lowest BCUT2D eigenvalue weighted by Crippen LogP contribution is -2.29.